The van der Waals surface area contributed by atoms with Gasteiger partial charge in [0, 0.05) is 6.61 Å². The van der Waals surface area contributed by atoms with Crippen LogP contribution in [0, 0.1) is 0 Å². The van der Waals surface area contributed by atoms with Gasteiger partial charge in [0.25, 0.3) is 5.56 Å². The van der Waals surface area contributed by atoms with E-state index in [9.17, 15) is 4.79 Å². The number of anilines is 1. The second-order valence-electron chi connectivity index (χ2n) is 5.04. The molecule has 0 aromatic carbocycles. The van der Waals surface area contributed by atoms with Crippen molar-refractivity contribution in [1.82, 2.24) is 19.5 Å². The van der Waals surface area contributed by atoms with E-state index in [1.54, 1.807) is 4.57 Å². The zero-order chi connectivity index (χ0) is 15.4. The predicted octanol–water partition coefficient (Wildman–Crippen LogP) is 0.219. The van der Waals surface area contributed by atoms with Gasteiger partial charge in [0.15, 0.2) is 17.5 Å². The highest BCUT2D eigenvalue weighted by Crippen LogP contribution is 2.13. The smallest absolute Gasteiger partial charge is 0.280 e. The van der Waals surface area contributed by atoms with Crippen LogP contribution in [0.15, 0.2) is 11.1 Å². The Hall–Kier alpha value is -1.97. The summed E-state index contributed by atoms with van der Waals surface area (Å²) < 4.78 is 18.2. The highest BCUT2D eigenvalue weighted by atomic mass is 16.7. The molecule has 120 valence electrons. The van der Waals surface area contributed by atoms with E-state index in [1.807, 2.05) is 0 Å². The minimum atomic E-state index is -0.362. The third-order valence-corrected chi connectivity index (χ3v) is 3.39. The number of rotatable bonds is 6. The van der Waals surface area contributed by atoms with E-state index in [-0.39, 0.29) is 30.0 Å². The predicted molar refractivity (Wildman–Crippen MR) is 78.1 cm³/mol. The van der Waals surface area contributed by atoms with Crippen LogP contribution in [-0.2, 0) is 20.9 Å². The molecule has 9 nitrogen and oxygen atoms in total. The minimum absolute atomic E-state index is 0.0528. The molecule has 0 aliphatic carbocycles. The van der Waals surface area contributed by atoms with Gasteiger partial charge < -0.3 is 19.9 Å². The highest BCUT2D eigenvalue weighted by Gasteiger charge is 2.13. The maximum atomic E-state index is 11.6. The summed E-state index contributed by atoms with van der Waals surface area (Å²) in [6, 6.07) is 0. The third kappa shape index (κ3) is 3.43. The summed E-state index contributed by atoms with van der Waals surface area (Å²) in [5.41, 5.74) is 5.81. The standard InChI is InChI=1S/C13H19N5O4/c14-13-16-11-10(12(19)17-13)15-7-18(11)8-20-5-6-22-9-3-1-2-4-21-9/h7,9H,1-6,8H2,(H3,14,16,17,19). The first-order valence-electron chi connectivity index (χ1n) is 7.25. The van der Waals surface area contributed by atoms with Gasteiger partial charge in [-0.25, -0.2) is 4.98 Å². The molecule has 1 saturated heterocycles. The molecule has 1 aliphatic rings. The number of nitrogens with two attached hydrogens (primary N) is 1. The number of imidazole rings is 1. The molecule has 0 amide bonds. The first kappa shape index (κ1) is 14.9. The molecule has 3 rings (SSSR count). The van der Waals surface area contributed by atoms with Crippen LogP contribution in [0.1, 0.15) is 19.3 Å². The van der Waals surface area contributed by atoms with Gasteiger partial charge in [-0.3, -0.25) is 14.3 Å². The number of nitrogens with one attached hydrogen (secondary N) is 1. The van der Waals surface area contributed by atoms with Gasteiger partial charge in [-0.2, -0.15) is 4.98 Å². The van der Waals surface area contributed by atoms with E-state index in [0.29, 0.717) is 18.9 Å². The van der Waals surface area contributed by atoms with Gasteiger partial charge in [0.05, 0.1) is 19.5 Å². The molecule has 3 N–H and O–H groups in total. The first-order chi connectivity index (χ1) is 10.7. The lowest BCUT2D eigenvalue weighted by molar-refractivity contribution is -0.170. The molecule has 22 heavy (non-hydrogen) atoms. The lowest BCUT2D eigenvalue weighted by Crippen LogP contribution is -2.24. The molecule has 1 aliphatic heterocycles. The van der Waals surface area contributed by atoms with Crippen LogP contribution in [-0.4, -0.2) is 45.6 Å². The summed E-state index contributed by atoms with van der Waals surface area (Å²) >= 11 is 0. The number of H-pyrrole nitrogens is 1. The molecule has 9 heteroatoms. The first-order valence-corrected chi connectivity index (χ1v) is 7.25. The van der Waals surface area contributed by atoms with Crippen LogP contribution in [0.2, 0.25) is 0 Å². The van der Waals surface area contributed by atoms with E-state index in [2.05, 4.69) is 15.0 Å². The Balaban J connectivity index is 1.48. The number of aromatic nitrogens is 4. The summed E-state index contributed by atoms with van der Waals surface area (Å²) in [6.45, 7) is 1.85. The Kier molecular flexibility index (Phi) is 4.66. The minimum Gasteiger partial charge on any atom is -0.369 e. The molecule has 1 unspecified atom stereocenters. The molecular formula is C13H19N5O4. The summed E-state index contributed by atoms with van der Waals surface area (Å²) in [6.07, 6.45) is 4.54. The average molecular weight is 309 g/mol. The molecular weight excluding hydrogens is 290 g/mol. The van der Waals surface area contributed by atoms with E-state index in [0.717, 1.165) is 25.9 Å². The highest BCUT2D eigenvalue weighted by molar-refractivity contribution is 5.70. The van der Waals surface area contributed by atoms with Crippen LogP contribution in [0.5, 0.6) is 0 Å². The molecule has 3 heterocycles. The van der Waals surface area contributed by atoms with Crippen molar-refractivity contribution in [2.75, 3.05) is 25.6 Å². The number of nitrogens with zero attached hydrogens (tertiary/aromatic N) is 3. The topological polar surface area (TPSA) is 117 Å². The Morgan fingerprint density at radius 1 is 1.45 bits per heavy atom. The van der Waals surface area contributed by atoms with Crippen LogP contribution in [0.25, 0.3) is 11.2 Å². The van der Waals surface area contributed by atoms with Crippen molar-refractivity contribution < 1.29 is 14.2 Å². The fourth-order valence-corrected chi connectivity index (χ4v) is 2.31. The molecule has 0 saturated carbocycles. The zero-order valence-corrected chi connectivity index (χ0v) is 12.2. The lowest BCUT2D eigenvalue weighted by atomic mass is 10.2. The SMILES string of the molecule is Nc1nc2c(ncn2COCCOC2CCCCO2)c(=O)[nH]1. The third-order valence-electron chi connectivity index (χ3n) is 3.39. The van der Waals surface area contributed by atoms with Gasteiger partial charge in [-0.1, -0.05) is 0 Å². The number of hydrogen-bond acceptors (Lipinski definition) is 7. The van der Waals surface area contributed by atoms with E-state index < -0.39 is 0 Å². The maximum Gasteiger partial charge on any atom is 0.280 e. The van der Waals surface area contributed by atoms with E-state index in [4.69, 9.17) is 19.9 Å². The van der Waals surface area contributed by atoms with Crippen molar-refractivity contribution in [2.24, 2.45) is 0 Å². The lowest BCUT2D eigenvalue weighted by Gasteiger charge is -2.22. The van der Waals surface area contributed by atoms with Gasteiger partial charge in [-0.05, 0) is 19.3 Å². The van der Waals surface area contributed by atoms with Crippen LogP contribution >= 0.6 is 0 Å². The molecule has 0 spiro atoms. The fourth-order valence-electron chi connectivity index (χ4n) is 2.31. The molecule has 2 aromatic heterocycles. The molecule has 2 aromatic rings. The number of aromatic amines is 1. The van der Waals surface area contributed by atoms with E-state index >= 15 is 0 Å². The summed E-state index contributed by atoms with van der Waals surface area (Å²) in [7, 11) is 0. The monoisotopic (exact) mass is 309 g/mol. The van der Waals surface area contributed by atoms with Crippen molar-refractivity contribution in [3.8, 4) is 0 Å². The largest absolute Gasteiger partial charge is 0.369 e. The van der Waals surface area contributed by atoms with Crippen LogP contribution < -0.4 is 11.3 Å². The van der Waals surface area contributed by atoms with Gasteiger partial charge in [0.2, 0.25) is 5.95 Å². The summed E-state index contributed by atoms with van der Waals surface area (Å²) in [4.78, 5) is 22.1. The number of hydrogen-bond donors (Lipinski definition) is 2. The Morgan fingerprint density at radius 3 is 3.18 bits per heavy atom. The number of nitrogen functional groups attached to an aromatic ring is 1. The quantitative estimate of drug-likeness (QED) is 0.733. The molecule has 1 atom stereocenters. The Labute approximate surface area is 126 Å². The van der Waals surface area contributed by atoms with Gasteiger partial charge >= 0.3 is 0 Å². The Bertz CT molecular complexity index is 677. The van der Waals surface area contributed by atoms with Crippen molar-refractivity contribution in [3.63, 3.8) is 0 Å². The fraction of sp³-hybridized carbons (Fsp3) is 0.615. The van der Waals surface area contributed by atoms with Gasteiger partial charge in [0.1, 0.15) is 6.73 Å². The average Bonchev–Trinajstić information content (AvgIpc) is 2.91. The second kappa shape index (κ2) is 6.86. The van der Waals surface area contributed by atoms with Gasteiger partial charge in [-0.15, -0.1) is 0 Å². The molecule has 1 fully saturated rings. The van der Waals surface area contributed by atoms with Crippen molar-refractivity contribution in [2.45, 2.75) is 32.3 Å². The summed E-state index contributed by atoms with van der Waals surface area (Å²) in [5.74, 6) is 0.0528. The zero-order valence-electron chi connectivity index (χ0n) is 12.2. The molecule has 0 bridgehead atoms. The Morgan fingerprint density at radius 2 is 2.36 bits per heavy atom. The van der Waals surface area contributed by atoms with Crippen molar-refractivity contribution in [3.05, 3.63) is 16.7 Å². The number of fused-ring (bicyclic) bond motifs is 1. The summed E-state index contributed by atoms with van der Waals surface area (Å²) in [5, 5.41) is 0. The van der Waals surface area contributed by atoms with E-state index in [1.165, 1.54) is 6.33 Å². The second-order valence-corrected chi connectivity index (χ2v) is 5.04. The maximum absolute atomic E-state index is 11.6. The van der Waals surface area contributed by atoms with Crippen LogP contribution in [0.3, 0.4) is 0 Å². The van der Waals surface area contributed by atoms with Crippen molar-refractivity contribution in [1.29, 1.82) is 0 Å². The van der Waals surface area contributed by atoms with Crippen molar-refractivity contribution >= 4 is 17.1 Å². The molecule has 0 radical (unpaired) electrons. The normalized spacial score (nSPS) is 18.8. The van der Waals surface area contributed by atoms with Crippen LogP contribution in [0.4, 0.5) is 5.95 Å². The number of ether oxygens (including phenoxy) is 3.